The highest BCUT2D eigenvalue weighted by molar-refractivity contribution is 6.05. The number of hydrogen-bond donors (Lipinski definition) is 1. The zero-order valence-corrected chi connectivity index (χ0v) is 18.1. The van der Waals surface area contributed by atoms with Crippen LogP contribution in [0.15, 0.2) is 48.5 Å². The largest absolute Gasteiger partial charge is 0.452 e. The monoisotopic (exact) mass is 435 g/mol. The van der Waals surface area contributed by atoms with Crippen molar-refractivity contribution < 1.29 is 18.7 Å². The van der Waals surface area contributed by atoms with Gasteiger partial charge in [-0.3, -0.25) is 14.7 Å². The summed E-state index contributed by atoms with van der Waals surface area (Å²) in [5.41, 5.74) is 3.82. The first-order chi connectivity index (χ1) is 15.5. The number of halogens is 1. The van der Waals surface area contributed by atoms with E-state index in [0.717, 1.165) is 53.7 Å². The molecule has 1 aliphatic heterocycles. The van der Waals surface area contributed by atoms with Crippen LogP contribution in [0.5, 0.6) is 0 Å². The van der Waals surface area contributed by atoms with Gasteiger partial charge in [0, 0.05) is 42.7 Å². The van der Waals surface area contributed by atoms with Crippen LogP contribution in [0, 0.1) is 5.82 Å². The molecular formula is C25H26FN3O3. The van der Waals surface area contributed by atoms with Crippen LogP contribution in [0.1, 0.15) is 40.5 Å². The van der Waals surface area contributed by atoms with Gasteiger partial charge in [0.25, 0.3) is 5.91 Å². The molecular weight excluding hydrogens is 409 g/mol. The lowest BCUT2D eigenvalue weighted by Gasteiger charge is -2.29. The number of rotatable bonds is 7. The predicted octanol–water partition coefficient (Wildman–Crippen LogP) is 3.62. The van der Waals surface area contributed by atoms with E-state index in [4.69, 9.17) is 9.72 Å². The summed E-state index contributed by atoms with van der Waals surface area (Å²) in [5, 5.41) is 3.43. The van der Waals surface area contributed by atoms with Crippen LogP contribution in [0.3, 0.4) is 0 Å². The van der Waals surface area contributed by atoms with E-state index in [0.29, 0.717) is 12.1 Å². The van der Waals surface area contributed by atoms with Gasteiger partial charge in [0.2, 0.25) is 0 Å². The average molecular weight is 435 g/mol. The van der Waals surface area contributed by atoms with Crippen LogP contribution < -0.4 is 5.32 Å². The van der Waals surface area contributed by atoms with Crippen molar-refractivity contribution in [3.63, 3.8) is 0 Å². The molecule has 0 saturated carbocycles. The second kappa shape index (κ2) is 9.87. The fraction of sp³-hybridized carbons (Fsp3) is 0.320. The number of nitrogens with one attached hydrogen (secondary N) is 1. The highest BCUT2D eigenvalue weighted by atomic mass is 19.1. The average Bonchev–Trinajstić information content (AvgIpc) is 2.81. The molecule has 0 spiro atoms. The van der Waals surface area contributed by atoms with E-state index < -0.39 is 11.9 Å². The third kappa shape index (κ3) is 4.94. The molecule has 1 amide bonds. The maximum atomic E-state index is 13.1. The molecule has 0 radical (unpaired) electrons. The summed E-state index contributed by atoms with van der Waals surface area (Å²) >= 11 is 0. The number of hydrogen-bond acceptors (Lipinski definition) is 5. The number of nitrogens with zero attached hydrogens (tertiary/aromatic N) is 2. The van der Waals surface area contributed by atoms with Crippen molar-refractivity contribution in [3.05, 3.63) is 76.7 Å². The number of amides is 1. The molecule has 0 atom stereocenters. The smallest absolute Gasteiger partial charge is 0.339 e. The summed E-state index contributed by atoms with van der Waals surface area (Å²) in [7, 11) is 0. The molecule has 1 N–H and O–H groups in total. The number of para-hydroxylation sites is 1. The van der Waals surface area contributed by atoms with Crippen LogP contribution in [0.4, 0.5) is 4.39 Å². The van der Waals surface area contributed by atoms with Crippen LogP contribution in [0.25, 0.3) is 10.9 Å². The van der Waals surface area contributed by atoms with E-state index >= 15 is 0 Å². The van der Waals surface area contributed by atoms with Crippen molar-refractivity contribution in [1.29, 1.82) is 0 Å². The minimum absolute atomic E-state index is 0.232. The van der Waals surface area contributed by atoms with Gasteiger partial charge >= 0.3 is 5.97 Å². The van der Waals surface area contributed by atoms with Crippen molar-refractivity contribution >= 4 is 22.8 Å². The number of pyridine rings is 1. The zero-order chi connectivity index (χ0) is 22.5. The molecule has 0 saturated heterocycles. The summed E-state index contributed by atoms with van der Waals surface area (Å²) in [6, 6.07) is 13.4. The Labute approximate surface area is 186 Å². The maximum absolute atomic E-state index is 13.1. The summed E-state index contributed by atoms with van der Waals surface area (Å²) < 4.78 is 18.4. The summed E-state index contributed by atoms with van der Waals surface area (Å²) in [6.45, 7) is 4.48. The molecule has 0 bridgehead atoms. The van der Waals surface area contributed by atoms with Gasteiger partial charge in [-0.25, -0.2) is 9.18 Å². The second-order valence-corrected chi connectivity index (χ2v) is 7.93. The molecule has 2 aromatic carbocycles. The highest BCUT2D eigenvalue weighted by Gasteiger charge is 2.26. The number of esters is 1. The van der Waals surface area contributed by atoms with Gasteiger partial charge < -0.3 is 10.1 Å². The Kier molecular flexibility index (Phi) is 6.75. The number of fused-ring (bicyclic) bond motifs is 2. The Morgan fingerprint density at radius 3 is 2.72 bits per heavy atom. The Morgan fingerprint density at radius 2 is 1.94 bits per heavy atom. The molecule has 0 aliphatic carbocycles. The van der Waals surface area contributed by atoms with Crippen molar-refractivity contribution in [2.75, 3.05) is 19.7 Å². The number of benzene rings is 2. The SMILES string of the molecule is CCCN1CCc2nc3ccccc3c(C(=O)OCC(=O)NCc3ccc(F)cc3)c2C1. The van der Waals surface area contributed by atoms with E-state index in [-0.39, 0.29) is 19.0 Å². The van der Waals surface area contributed by atoms with Gasteiger partial charge in [-0.2, -0.15) is 0 Å². The Bertz CT molecular complexity index is 1130. The van der Waals surface area contributed by atoms with Crippen molar-refractivity contribution in [3.8, 4) is 0 Å². The third-order valence-electron chi connectivity index (χ3n) is 5.61. The van der Waals surface area contributed by atoms with E-state index in [1.54, 1.807) is 12.1 Å². The van der Waals surface area contributed by atoms with Crippen molar-refractivity contribution in [2.24, 2.45) is 0 Å². The molecule has 2 heterocycles. The lowest BCUT2D eigenvalue weighted by Crippen LogP contribution is -2.34. The molecule has 6 nitrogen and oxygen atoms in total. The molecule has 4 rings (SSSR count). The third-order valence-corrected chi connectivity index (χ3v) is 5.61. The Hall–Kier alpha value is -3.32. The van der Waals surface area contributed by atoms with Crippen LogP contribution in [-0.2, 0) is 29.0 Å². The summed E-state index contributed by atoms with van der Waals surface area (Å²) in [4.78, 5) is 32.4. The molecule has 1 aromatic heterocycles. The van der Waals surface area contributed by atoms with E-state index in [9.17, 15) is 14.0 Å². The highest BCUT2D eigenvalue weighted by Crippen LogP contribution is 2.28. The van der Waals surface area contributed by atoms with Gasteiger partial charge in [-0.15, -0.1) is 0 Å². The molecule has 1 aliphatic rings. The van der Waals surface area contributed by atoms with Crippen LogP contribution >= 0.6 is 0 Å². The zero-order valence-electron chi connectivity index (χ0n) is 18.1. The lowest BCUT2D eigenvalue weighted by molar-refractivity contribution is -0.124. The predicted molar refractivity (Wildman–Crippen MR) is 120 cm³/mol. The maximum Gasteiger partial charge on any atom is 0.339 e. The van der Waals surface area contributed by atoms with Gasteiger partial charge in [0.05, 0.1) is 11.1 Å². The van der Waals surface area contributed by atoms with E-state index in [1.165, 1.54) is 12.1 Å². The Balaban J connectivity index is 1.49. The van der Waals surface area contributed by atoms with Crippen molar-refractivity contribution in [1.82, 2.24) is 15.2 Å². The quantitative estimate of drug-likeness (QED) is 0.574. The van der Waals surface area contributed by atoms with Gasteiger partial charge in [-0.1, -0.05) is 37.3 Å². The number of aromatic nitrogens is 1. The number of carbonyl (C=O) groups is 2. The van der Waals surface area contributed by atoms with Gasteiger partial charge in [-0.05, 0) is 36.7 Å². The molecule has 32 heavy (non-hydrogen) atoms. The summed E-state index contributed by atoms with van der Waals surface area (Å²) in [6.07, 6.45) is 1.81. The first-order valence-corrected chi connectivity index (χ1v) is 10.9. The van der Waals surface area contributed by atoms with E-state index in [2.05, 4.69) is 17.1 Å². The molecule has 0 unspecified atom stereocenters. The fourth-order valence-corrected chi connectivity index (χ4v) is 4.04. The minimum atomic E-state index is -0.518. The molecule has 7 heteroatoms. The van der Waals surface area contributed by atoms with E-state index in [1.807, 2.05) is 24.3 Å². The normalized spacial score (nSPS) is 13.6. The summed E-state index contributed by atoms with van der Waals surface area (Å²) in [5.74, 6) is -1.27. The standard InChI is InChI=1S/C25H26FN3O3/c1-2-12-29-13-11-22-20(15-29)24(19-5-3-4-6-21(19)28-22)25(31)32-16-23(30)27-14-17-7-9-18(26)10-8-17/h3-10H,2,11-16H2,1H3,(H,27,30). The topological polar surface area (TPSA) is 71.5 Å². The van der Waals surface area contributed by atoms with Crippen LogP contribution in [-0.4, -0.2) is 41.5 Å². The molecule has 3 aromatic rings. The first-order valence-electron chi connectivity index (χ1n) is 10.9. The molecule has 166 valence electrons. The Morgan fingerprint density at radius 1 is 1.16 bits per heavy atom. The first kappa shape index (κ1) is 21.9. The number of carbonyl (C=O) groups excluding carboxylic acids is 2. The fourth-order valence-electron chi connectivity index (χ4n) is 4.04. The lowest BCUT2D eigenvalue weighted by atomic mass is 9.95. The number of ether oxygens (including phenoxy) is 1. The molecule has 0 fully saturated rings. The second-order valence-electron chi connectivity index (χ2n) is 7.93. The minimum Gasteiger partial charge on any atom is -0.452 e. The van der Waals surface area contributed by atoms with Crippen molar-refractivity contribution in [2.45, 2.75) is 32.9 Å². The van der Waals surface area contributed by atoms with Gasteiger partial charge in [0.1, 0.15) is 5.82 Å². The van der Waals surface area contributed by atoms with Gasteiger partial charge in [0.15, 0.2) is 6.61 Å². The van der Waals surface area contributed by atoms with Crippen LogP contribution in [0.2, 0.25) is 0 Å².